The van der Waals surface area contributed by atoms with Crippen molar-refractivity contribution in [2.45, 2.75) is 27.7 Å². The van der Waals surface area contributed by atoms with Crippen molar-refractivity contribution in [1.29, 1.82) is 0 Å². The Hall–Kier alpha value is -0.980. The van der Waals surface area contributed by atoms with E-state index in [-0.39, 0.29) is 0 Å². The van der Waals surface area contributed by atoms with Crippen molar-refractivity contribution < 1.29 is 0 Å². The average molecular weight is 179 g/mol. The molecule has 0 aromatic rings. The van der Waals surface area contributed by atoms with E-state index < -0.39 is 0 Å². The SMILES string of the molecule is C\C=C/C(NC)=C(/C=C\C)C(C)C. The van der Waals surface area contributed by atoms with Gasteiger partial charge in [0.05, 0.1) is 0 Å². The lowest BCUT2D eigenvalue weighted by Crippen LogP contribution is -2.09. The van der Waals surface area contributed by atoms with E-state index in [2.05, 4.69) is 43.5 Å². The Kier molecular flexibility index (Phi) is 6.03. The van der Waals surface area contributed by atoms with E-state index in [1.165, 1.54) is 11.3 Å². The van der Waals surface area contributed by atoms with E-state index >= 15 is 0 Å². The fourth-order valence-electron chi connectivity index (χ4n) is 1.26. The van der Waals surface area contributed by atoms with Crippen LogP contribution < -0.4 is 5.32 Å². The summed E-state index contributed by atoms with van der Waals surface area (Å²) in [6.07, 6.45) is 8.40. The van der Waals surface area contributed by atoms with Gasteiger partial charge in [-0.3, -0.25) is 0 Å². The summed E-state index contributed by atoms with van der Waals surface area (Å²) in [5.74, 6) is 0.551. The molecule has 0 radical (unpaired) electrons. The maximum Gasteiger partial charge on any atom is 0.0369 e. The molecule has 0 aliphatic rings. The molecule has 1 heteroatoms. The molecule has 0 atom stereocenters. The summed E-state index contributed by atoms with van der Waals surface area (Å²) >= 11 is 0. The highest BCUT2D eigenvalue weighted by Gasteiger charge is 2.03. The molecule has 0 aromatic heterocycles. The number of likely N-dealkylation sites (N-methyl/N-ethyl adjacent to an activating group) is 1. The van der Waals surface area contributed by atoms with Crippen LogP contribution in [0.5, 0.6) is 0 Å². The molecule has 0 amide bonds. The first kappa shape index (κ1) is 12.0. The second-order valence-corrected chi connectivity index (χ2v) is 3.27. The Balaban J connectivity index is 4.99. The maximum absolute atomic E-state index is 3.21. The lowest BCUT2D eigenvalue weighted by molar-refractivity contribution is 0.768. The Labute approximate surface area is 82.2 Å². The fourth-order valence-corrected chi connectivity index (χ4v) is 1.26. The third kappa shape index (κ3) is 3.97. The van der Waals surface area contributed by atoms with E-state index in [1.807, 2.05) is 20.9 Å². The monoisotopic (exact) mass is 179 g/mol. The highest BCUT2D eigenvalue weighted by molar-refractivity contribution is 5.32. The van der Waals surface area contributed by atoms with Gasteiger partial charge in [0.15, 0.2) is 0 Å². The standard InChI is InChI=1S/C12H21N/c1-6-8-11(10(3)4)12(13-5)9-7-2/h6-10,13H,1-5H3/b8-6-,9-7-,12-11+. The van der Waals surface area contributed by atoms with Gasteiger partial charge >= 0.3 is 0 Å². The van der Waals surface area contributed by atoms with Gasteiger partial charge in [0, 0.05) is 12.7 Å². The molecule has 0 aliphatic heterocycles. The predicted molar refractivity (Wildman–Crippen MR) is 60.6 cm³/mol. The van der Waals surface area contributed by atoms with E-state index in [0.717, 1.165) is 0 Å². The zero-order valence-electron chi connectivity index (χ0n) is 9.39. The Morgan fingerprint density at radius 1 is 1.08 bits per heavy atom. The van der Waals surface area contributed by atoms with Gasteiger partial charge in [-0.2, -0.15) is 0 Å². The topological polar surface area (TPSA) is 12.0 Å². The molecule has 0 rings (SSSR count). The van der Waals surface area contributed by atoms with Crippen LogP contribution in [0.4, 0.5) is 0 Å². The minimum atomic E-state index is 0.551. The summed E-state index contributed by atoms with van der Waals surface area (Å²) in [6, 6.07) is 0. The van der Waals surface area contributed by atoms with Crippen LogP contribution in [0.1, 0.15) is 27.7 Å². The zero-order valence-corrected chi connectivity index (χ0v) is 9.39. The average Bonchev–Trinajstić information content (AvgIpc) is 2.10. The molecule has 0 aromatic carbocycles. The smallest absolute Gasteiger partial charge is 0.0369 e. The van der Waals surface area contributed by atoms with Crippen LogP contribution in [-0.2, 0) is 0 Å². The van der Waals surface area contributed by atoms with Crippen LogP contribution in [0.15, 0.2) is 35.6 Å². The van der Waals surface area contributed by atoms with Gasteiger partial charge in [-0.15, -0.1) is 0 Å². The molecule has 0 spiro atoms. The van der Waals surface area contributed by atoms with Gasteiger partial charge in [0.1, 0.15) is 0 Å². The van der Waals surface area contributed by atoms with E-state index in [9.17, 15) is 0 Å². The minimum Gasteiger partial charge on any atom is -0.388 e. The second kappa shape index (κ2) is 6.53. The van der Waals surface area contributed by atoms with Crippen molar-refractivity contribution in [2.24, 2.45) is 5.92 Å². The molecule has 13 heavy (non-hydrogen) atoms. The van der Waals surface area contributed by atoms with Crippen LogP contribution in [0.3, 0.4) is 0 Å². The normalized spacial score (nSPS) is 14.3. The van der Waals surface area contributed by atoms with Gasteiger partial charge in [-0.25, -0.2) is 0 Å². The van der Waals surface area contributed by atoms with E-state index in [1.54, 1.807) is 0 Å². The van der Waals surface area contributed by atoms with E-state index in [0.29, 0.717) is 5.92 Å². The maximum atomic E-state index is 3.21. The Morgan fingerprint density at radius 2 is 1.62 bits per heavy atom. The summed E-state index contributed by atoms with van der Waals surface area (Å²) in [5, 5.41) is 3.21. The third-order valence-electron chi connectivity index (χ3n) is 1.88. The first-order valence-electron chi connectivity index (χ1n) is 4.84. The number of allylic oxidation sites excluding steroid dienone is 5. The third-order valence-corrected chi connectivity index (χ3v) is 1.88. The molecule has 1 nitrogen and oxygen atoms in total. The second-order valence-electron chi connectivity index (χ2n) is 3.27. The van der Waals surface area contributed by atoms with Crippen molar-refractivity contribution in [2.75, 3.05) is 7.05 Å². The summed E-state index contributed by atoms with van der Waals surface area (Å²) in [5.41, 5.74) is 2.55. The van der Waals surface area contributed by atoms with Crippen molar-refractivity contribution in [3.05, 3.63) is 35.6 Å². The van der Waals surface area contributed by atoms with Gasteiger partial charge < -0.3 is 5.32 Å². The minimum absolute atomic E-state index is 0.551. The van der Waals surface area contributed by atoms with Crippen molar-refractivity contribution >= 4 is 0 Å². The largest absolute Gasteiger partial charge is 0.388 e. The summed E-state index contributed by atoms with van der Waals surface area (Å²) < 4.78 is 0. The molecule has 1 N–H and O–H groups in total. The number of rotatable bonds is 4. The molecule has 0 aliphatic carbocycles. The predicted octanol–water partition coefficient (Wildman–Crippen LogP) is 3.27. The van der Waals surface area contributed by atoms with Gasteiger partial charge in [0.25, 0.3) is 0 Å². The molecule has 74 valence electrons. The van der Waals surface area contributed by atoms with Crippen LogP contribution in [0, 0.1) is 5.92 Å². The van der Waals surface area contributed by atoms with Gasteiger partial charge in [-0.1, -0.05) is 32.1 Å². The summed E-state index contributed by atoms with van der Waals surface area (Å²) in [6.45, 7) is 8.49. The number of hydrogen-bond acceptors (Lipinski definition) is 1. The molecule has 0 heterocycles. The number of hydrogen-bond donors (Lipinski definition) is 1. The molecular weight excluding hydrogens is 158 g/mol. The summed E-state index contributed by atoms with van der Waals surface area (Å²) in [4.78, 5) is 0. The van der Waals surface area contributed by atoms with Crippen LogP contribution >= 0.6 is 0 Å². The van der Waals surface area contributed by atoms with Gasteiger partial charge in [0.2, 0.25) is 0 Å². The summed E-state index contributed by atoms with van der Waals surface area (Å²) in [7, 11) is 1.96. The Morgan fingerprint density at radius 3 is 1.92 bits per heavy atom. The molecule has 0 unspecified atom stereocenters. The van der Waals surface area contributed by atoms with Crippen molar-refractivity contribution in [3.63, 3.8) is 0 Å². The number of nitrogens with one attached hydrogen (secondary N) is 1. The first-order chi connectivity index (χ1) is 6.17. The molecule has 0 saturated carbocycles. The molecular formula is C12H21N. The first-order valence-corrected chi connectivity index (χ1v) is 4.84. The lowest BCUT2D eigenvalue weighted by atomic mass is 10.00. The quantitative estimate of drug-likeness (QED) is 0.653. The Bertz CT molecular complexity index is 219. The fraction of sp³-hybridized carbons (Fsp3) is 0.500. The zero-order chi connectivity index (χ0) is 10.3. The van der Waals surface area contributed by atoms with Crippen LogP contribution in [-0.4, -0.2) is 7.05 Å². The van der Waals surface area contributed by atoms with E-state index in [4.69, 9.17) is 0 Å². The van der Waals surface area contributed by atoms with Crippen molar-refractivity contribution in [3.8, 4) is 0 Å². The van der Waals surface area contributed by atoms with Crippen molar-refractivity contribution in [1.82, 2.24) is 5.32 Å². The molecule has 0 fully saturated rings. The lowest BCUT2D eigenvalue weighted by Gasteiger charge is -2.12. The molecule has 0 bridgehead atoms. The molecule has 0 saturated heterocycles. The van der Waals surface area contributed by atoms with Crippen LogP contribution in [0.25, 0.3) is 0 Å². The highest BCUT2D eigenvalue weighted by Crippen LogP contribution is 2.15. The van der Waals surface area contributed by atoms with Crippen LogP contribution in [0.2, 0.25) is 0 Å². The highest BCUT2D eigenvalue weighted by atomic mass is 14.8. The van der Waals surface area contributed by atoms with Gasteiger partial charge in [-0.05, 0) is 31.4 Å².